The molecule has 0 unspecified atom stereocenters. The molecule has 108 valence electrons. The summed E-state index contributed by atoms with van der Waals surface area (Å²) >= 11 is 3.40. The molecule has 2 aromatic carbocycles. The van der Waals surface area contributed by atoms with Crippen LogP contribution in [0.3, 0.4) is 0 Å². The van der Waals surface area contributed by atoms with Crippen molar-refractivity contribution in [2.75, 3.05) is 0 Å². The molecular formula is C15H13BrN2O2S. The van der Waals surface area contributed by atoms with E-state index in [1.54, 1.807) is 19.1 Å². The van der Waals surface area contributed by atoms with Gasteiger partial charge in [0.2, 0.25) is 10.0 Å². The Morgan fingerprint density at radius 1 is 1.14 bits per heavy atom. The Labute approximate surface area is 132 Å². The molecule has 0 aliphatic carbocycles. The molecule has 0 fully saturated rings. The number of halogens is 1. The molecule has 0 aliphatic rings. The van der Waals surface area contributed by atoms with Gasteiger partial charge >= 0.3 is 0 Å². The van der Waals surface area contributed by atoms with Crippen LogP contribution >= 0.6 is 15.9 Å². The van der Waals surface area contributed by atoms with E-state index in [1.807, 2.05) is 30.3 Å². The lowest BCUT2D eigenvalue weighted by Crippen LogP contribution is -2.27. The van der Waals surface area contributed by atoms with Crippen molar-refractivity contribution < 1.29 is 8.42 Å². The zero-order chi connectivity index (χ0) is 15.5. The summed E-state index contributed by atoms with van der Waals surface area (Å²) in [5, 5.41) is 9.03. The van der Waals surface area contributed by atoms with Crippen LogP contribution in [0.2, 0.25) is 0 Å². The van der Waals surface area contributed by atoms with Crippen LogP contribution in [-0.4, -0.2) is 8.42 Å². The van der Waals surface area contributed by atoms with Gasteiger partial charge in [-0.3, -0.25) is 0 Å². The fraction of sp³-hybridized carbons (Fsp3) is 0.133. The van der Waals surface area contributed by atoms with E-state index in [9.17, 15) is 8.42 Å². The molecule has 0 heterocycles. The minimum atomic E-state index is -3.76. The van der Waals surface area contributed by atoms with Gasteiger partial charge in [-0.15, -0.1) is 0 Å². The van der Waals surface area contributed by atoms with Gasteiger partial charge in [-0.2, -0.15) is 5.26 Å². The lowest BCUT2D eigenvalue weighted by Gasteiger charge is -2.16. The second-order valence-electron chi connectivity index (χ2n) is 4.47. The van der Waals surface area contributed by atoms with Crippen LogP contribution in [0.1, 0.15) is 24.1 Å². The van der Waals surface area contributed by atoms with Crippen molar-refractivity contribution in [1.29, 1.82) is 5.26 Å². The molecule has 4 nitrogen and oxygen atoms in total. The van der Waals surface area contributed by atoms with Crippen molar-refractivity contribution in [3.63, 3.8) is 0 Å². The van der Waals surface area contributed by atoms with Crippen LogP contribution < -0.4 is 4.72 Å². The predicted molar refractivity (Wildman–Crippen MR) is 84.0 cm³/mol. The molecule has 21 heavy (non-hydrogen) atoms. The van der Waals surface area contributed by atoms with Crippen molar-refractivity contribution in [2.45, 2.75) is 17.9 Å². The summed E-state index contributed by atoms with van der Waals surface area (Å²) in [6.45, 7) is 1.76. The molecular weight excluding hydrogens is 352 g/mol. The van der Waals surface area contributed by atoms with E-state index in [1.165, 1.54) is 12.1 Å². The third-order valence-corrected chi connectivity index (χ3v) is 5.32. The van der Waals surface area contributed by atoms with Gasteiger partial charge in [0, 0.05) is 10.5 Å². The summed E-state index contributed by atoms with van der Waals surface area (Å²) in [7, 11) is -3.76. The largest absolute Gasteiger partial charge is 0.242 e. The molecule has 0 aliphatic heterocycles. The number of sulfonamides is 1. The van der Waals surface area contributed by atoms with E-state index in [4.69, 9.17) is 5.26 Å². The number of benzene rings is 2. The van der Waals surface area contributed by atoms with Gasteiger partial charge < -0.3 is 0 Å². The first-order valence-electron chi connectivity index (χ1n) is 6.21. The fourth-order valence-electron chi connectivity index (χ4n) is 1.98. The monoisotopic (exact) mass is 364 g/mol. The maximum absolute atomic E-state index is 12.4. The molecule has 0 amide bonds. The quantitative estimate of drug-likeness (QED) is 0.903. The predicted octanol–water partition coefficient (Wildman–Crippen LogP) is 3.36. The van der Waals surface area contributed by atoms with Gasteiger partial charge in [0.05, 0.1) is 10.5 Å². The minimum absolute atomic E-state index is 0.00796. The average molecular weight is 365 g/mol. The van der Waals surface area contributed by atoms with Crippen molar-refractivity contribution in [1.82, 2.24) is 4.72 Å². The van der Waals surface area contributed by atoms with Crippen LogP contribution in [0.25, 0.3) is 0 Å². The number of nitriles is 1. The van der Waals surface area contributed by atoms with Crippen LogP contribution in [0.5, 0.6) is 0 Å². The number of nitrogens with zero attached hydrogens (tertiary/aromatic N) is 1. The average Bonchev–Trinajstić information content (AvgIpc) is 2.47. The van der Waals surface area contributed by atoms with Crippen molar-refractivity contribution in [3.05, 3.63) is 64.1 Å². The molecule has 0 aromatic heterocycles. The van der Waals surface area contributed by atoms with E-state index in [0.29, 0.717) is 0 Å². The summed E-state index contributed by atoms with van der Waals surface area (Å²) < 4.78 is 28.3. The highest BCUT2D eigenvalue weighted by Crippen LogP contribution is 2.25. The lowest BCUT2D eigenvalue weighted by atomic mass is 10.1. The molecule has 0 saturated carbocycles. The zero-order valence-corrected chi connectivity index (χ0v) is 13.6. The van der Waals surface area contributed by atoms with Crippen LogP contribution in [0, 0.1) is 11.3 Å². The molecule has 1 atom stereocenters. The summed E-state index contributed by atoms with van der Waals surface area (Å²) in [5.74, 6) is 0. The van der Waals surface area contributed by atoms with Gasteiger partial charge in [0.1, 0.15) is 6.07 Å². The SMILES string of the molecule is C[C@@H](NS(=O)(=O)c1ccccc1C#N)c1ccccc1Br. The van der Waals surface area contributed by atoms with Gasteiger partial charge in [-0.25, -0.2) is 13.1 Å². The van der Waals surface area contributed by atoms with Crippen LogP contribution in [0.15, 0.2) is 57.9 Å². The highest BCUT2D eigenvalue weighted by molar-refractivity contribution is 9.10. The fourth-order valence-corrected chi connectivity index (χ4v) is 3.99. The summed E-state index contributed by atoms with van der Waals surface area (Å²) in [5.41, 5.74) is 0.958. The van der Waals surface area contributed by atoms with Crippen molar-refractivity contribution in [3.8, 4) is 6.07 Å². The third kappa shape index (κ3) is 3.50. The van der Waals surface area contributed by atoms with Gasteiger partial charge in [0.15, 0.2) is 0 Å². The first-order chi connectivity index (χ1) is 9.95. The lowest BCUT2D eigenvalue weighted by molar-refractivity contribution is 0.566. The molecule has 0 radical (unpaired) electrons. The Morgan fingerprint density at radius 3 is 2.43 bits per heavy atom. The second kappa shape index (κ2) is 6.39. The van der Waals surface area contributed by atoms with Crippen LogP contribution in [-0.2, 0) is 10.0 Å². The highest BCUT2D eigenvalue weighted by Gasteiger charge is 2.22. The molecule has 0 bridgehead atoms. The van der Waals surface area contributed by atoms with Crippen molar-refractivity contribution >= 4 is 26.0 Å². The van der Waals surface area contributed by atoms with E-state index >= 15 is 0 Å². The van der Waals surface area contributed by atoms with E-state index in [0.717, 1.165) is 10.0 Å². The zero-order valence-electron chi connectivity index (χ0n) is 11.2. The summed E-state index contributed by atoms with van der Waals surface area (Å²) in [6, 6.07) is 15.0. The topological polar surface area (TPSA) is 70.0 Å². The number of nitrogens with one attached hydrogen (secondary N) is 1. The molecule has 6 heteroatoms. The van der Waals surface area contributed by atoms with Gasteiger partial charge in [-0.1, -0.05) is 46.3 Å². The standard InChI is InChI=1S/C15H13BrN2O2S/c1-11(13-7-3-4-8-14(13)16)18-21(19,20)15-9-5-2-6-12(15)10-17/h2-9,11,18H,1H3/t11-/m1/s1. The number of rotatable bonds is 4. The summed E-state index contributed by atoms with van der Waals surface area (Å²) in [4.78, 5) is -0.00796. The van der Waals surface area contributed by atoms with Crippen molar-refractivity contribution in [2.24, 2.45) is 0 Å². The maximum atomic E-state index is 12.4. The Morgan fingerprint density at radius 2 is 1.76 bits per heavy atom. The van der Waals surface area contributed by atoms with E-state index in [-0.39, 0.29) is 10.5 Å². The molecule has 0 saturated heterocycles. The minimum Gasteiger partial charge on any atom is -0.207 e. The molecule has 2 rings (SSSR count). The second-order valence-corrected chi connectivity index (χ2v) is 7.01. The Bertz CT molecular complexity index is 797. The van der Waals surface area contributed by atoms with E-state index < -0.39 is 16.1 Å². The number of hydrogen-bond acceptors (Lipinski definition) is 3. The molecule has 1 N–H and O–H groups in total. The smallest absolute Gasteiger partial charge is 0.207 e. The number of hydrogen-bond donors (Lipinski definition) is 1. The Hall–Kier alpha value is -1.68. The van der Waals surface area contributed by atoms with Gasteiger partial charge in [-0.05, 0) is 30.7 Å². The van der Waals surface area contributed by atoms with E-state index in [2.05, 4.69) is 20.7 Å². The third-order valence-electron chi connectivity index (χ3n) is 3.00. The first kappa shape index (κ1) is 15.7. The maximum Gasteiger partial charge on any atom is 0.242 e. The van der Waals surface area contributed by atoms with Crippen LogP contribution in [0.4, 0.5) is 0 Å². The Balaban J connectivity index is 2.34. The first-order valence-corrected chi connectivity index (χ1v) is 8.49. The summed E-state index contributed by atoms with van der Waals surface area (Å²) in [6.07, 6.45) is 0. The van der Waals surface area contributed by atoms with Gasteiger partial charge in [0.25, 0.3) is 0 Å². The molecule has 0 spiro atoms. The molecule has 2 aromatic rings. The highest BCUT2D eigenvalue weighted by atomic mass is 79.9. The normalized spacial score (nSPS) is 12.6. The Kier molecular flexibility index (Phi) is 4.78.